The van der Waals surface area contributed by atoms with Crippen LogP contribution in [0.4, 0.5) is 5.13 Å². The number of H-pyrrole nitrogens is 1. The number of amides is 1. The summed E-state index contributed by atoms with van der Waals surface area (Å²) in [6, 6.07) is 8.00. The zero-order valence-corrected chi connectivity index (χ0v) is 15.5. The summed E-state index contributed by atoms with van der Waals surface area (Å²) in [7, 11) is 0. The Morgan fingerprint density at radius 1 is 1.36 bits per heavy atom. The van der Waals surface area contributed by atoms with Gasteiger partial charge in [0.2, 0.25) is 5.91 Å². The van der Waals surface area contributed by atoms with Crippen LogP contribution in [0.2, 0.25) is 0 Å². The van der Waals surface area contributed by atoms with Crippen molar-refractivity contribution in [2.24, 2.45) is 0 Å². The quantitative estimate of drug-likeness (QED) is 0.416. The van der Waals surface area contributed by atoms with Crippen LogP contribution in [0.15, 0.2) is 24.3 Å². The largest absolute Gasteiger partial charge is 0.360 e. The molecule has 0 aliphatic heterocycles. The van der Waals surface area contributed by atoms with Crippen LogP contribution in [-0.4, -0.2) is 38.7 Å². The summed E-state index contributed by atoms with van der Waals surface area (Å²) in [4.78, 5) is 16.6. The number of nitrogens with zero attached hydrogens (tertiary/aromatic N) is 3. The Bertz CT molecular complexity index is 880. The number of aryl methyl sites for hydroxylation is 1. The highest BCUT2D eigenvalue weighted by Gasteiger charge is 2.09. The molecule has 3 aromatic rings. The Morgan fingerprint density at radius 2 is 2.20 bits per heavy atom. The van der Waals surface area contributed by atoms with E-state index in [4.69, 9.17) is 12.2 Å². The number of hydrogen-bond acceptors (Lipinski definition) is 6. The number of thiazole rings is 1. The molecule has 1 aromatic carbocycles. The van der Waals surface area contributed by atoms with E-state index in [0.717, 1.165) is 34.0 Å². The number of fused-ring (bicyclic) bond motifs is 1. The van der Waals surface area contributed by atoms with Gasteiger partial charge in [-0.3, -0.25) is 14.5 Å². The Hall–Kier alpha value is -2.26. The first-order valence-corrected chi connectivity index (χ1v) is 9.40. The van der Waals surface area contributed by atoms with E-state index >= 15 is 0 Å². The van der Waals surface area contributed by atoms with Crippen LogP contribution >= 0.6 is 23.6 Å². The molecule has 3 N–H and O–H groups in total. The van der Waals surface area contributed by atoms with Crippen molar-refractivity contribution in [3.05, 3.63) is 34.9 Å². The standard InChI is InChI=1S/C16H20N6OS2/c1-2-5-13-20-21-16(24)22(13)10-14(23)17-8-9-18-15-19-11-6-3-4-7-12(11)25-15/h3-4,6-7H,2,5,8-10H2,1H3,(H,17,23)(H,18,19)(H,21,24). The van der Waals surface area contributed by atoms with E-state index in [-0.39, 0.29) is 12.5 Å². The van der Waals surface area contributed by atoms with Crippen molar-refractivity contribution >= 4 is 44.8 Å². The number of hydrogen-bond donors (Lipinski definition) is 3. The van der Waals surface area contributed by atoms with Gasteiger partial charge in [-0.1, -0.05) is 30.4 Å². The van der Waals surface area contributed by atoms with E-state index in [0.29, 0.717) is 17.9 Å². The lowest BCUT2D eigenvalue weighted by atomic mass is 10.3. The van der Waals surface area contributed by atoms with Crippen LogP contribution in [0.3, 0.4) is 0 Å². The van der Waals surface area contributed by atoms with Gasteiger partial charge in [-0.15, -0.1) is 0 Å². The first-order chi connectivity index (χ1) is 12.2. The van der Waals surface area contributed by atoms with Gasteiger partial charge < -0.3 is 10.6 Å². The second-order valence-corrected chi connectivity index (χ2v) is 6.96. The first kappa shape index (κ1) is 17.6. The SMILES string of the molecule is CCCc1n[nH]c(=S)n1CC(=O)NCCNc1nc2ccccc2s1. The number of aromatic nitrogens is 4. The molecule has 2 aromatic heterocycles. The fourth-order valence-electron chi connectivity index (χ4n) is 2.45. The number of para-hydroxylation sites is 1. The number of benzene rings is 1. The molecule has 0 aliphatic carbocycles. The zero-order chi connectivity index (χ0) is 17.6. The molecule has 0 saturated heterocycles. The maximum atomic E-state index is 12.1. The van der Waals surface area contributed by atoms with E-state index in [2.05, 4.69) is 32.7 Å². The molecule has 0 saturated carbocycles. The predicted octanol–water partition coefficient (Wildman–Crippen LogP) is 2.73. The molecule has 0 radical (unpaired) electrons. The summed E-state index contributed by atoms with van der Waals surface area (Å²) in [5.41, 5.74) is 0.983. The lowest BCUT2D eigenvalue weighted by molar-refractivity contribution is -0.121. The van der Waals surface area contributed by atoms with E-state index < -0.39 is 0 Å². The Balaban J connectivity index is 1.46. The zero-order valence-electron chi connectivity index (χ0n) is 13.9. The van der Waals surface area contributed by atoms with Gasteiger partial charge in [0.1, 0.15) is 12.4 Å². The maximum absolute atomic E-state index is 12.1. The van der Waals surface area contributed by atoms with Gasteiger partial charge in [0.15, 0.2) is 9.90 Å². The van der Waals surface area contributed by atoms with Gasteiger partial charge in [-0.05, 0) is 30.8 Å². The van der Waals surface area contributed by atoms with Gasteiger partial charge in [0.25, 0.3) is 0 Å². The molecule has 9 heteroatoms. The highest BCUT2D eigenvalue weighted by molar-refractivity contribution is 7.71. The Labute approximate surface area is 154 Å². The number of nitrogens with one attached hydrogen (secondary N) is 3. The van der Waals surface area contributed by atoms with E-state index in [1.807, 2.05) is 24.3 Å². The van der Waals surface area contributed by atoms with Gasteiger partial charge >= 0.3 is 0 Å². The van der Waals surface area contributed by atoms with Gasteiger partial charge in [0, 0.05) is 19.5 Å². The molecule has 3 rings (SSSR count). The third kappa shape index (κ3) is 4.43. The molecule has 0 fully saturated rings. The minimum atomic E-state index is -0.0825. The second-order valence-electron chi connectivity index (χ2n) is 5.54. The number of aromatic amines is 1. The van der Waals surface area contributed by atoms with Crippen molar-refractivity contribution < 1.29 is 4.79 Å². The summed E-state index contributed by atoms with van der Waals surface area (Å²) in [6.45, 7) is 3.38. The highest BCUT2D eigenvalue weighted by atomic mass is 32.1. The van der Waals surface area contributed by atoms with Crippen molar-refractivity contribution in [3.8, 4) is 0 Å². The summed E-state index contributed by atoms with van der Waals surface area (Å²) >= 11 is 6.79. The molecule has 0 spiro atoms. The fraction of sp³-hybridized carbons (Fsp3) is 0.375. The van der Waals surface area contributed by atoms with Gasteiger partial charge in [-0.2, -0.15) is 5.10 Å². The minimum Gasteiger partial charge on any atom is -0.360 e. The molecular weight excluding hydrogens is 356 g/mol. The summed E-state index contributed by atoms with van der Waals surface area (Å²) in [5.74, 6) is 0.733. The van der Waals surface area contributed by atoms with Crippen molar-refractivity contribution in [2.45, 2.75) is 26.3 Å². The number of carbonyl (C=O) groups is 1. The predicted molar refractivity (Wildman–Crippen MR) is 103 cm³/mol. The monoisotopic (exact) mass is 376 g/mol. The normalized spacial score (nSPS) is 10.9. The molecule has 25 heavy (non-hydrogen) atoms. The van der Waals surface area contributed by atoms with Gasteiger partial charge in [-0.25, -0.2) is 4.98 Å². The molecule has 0 bridgehead atoms. The summed E-state index contributed by atoms with van der Waals surface area (Å²) < 4.78 is 3.37. The topological polar surface area (TPSA) is 87.6 Å². The van der Waals surface area contributed by atoms with E-state index in [9.17, 15) is 4.79 Å². The first-order valence-electron chi connectivity index (χ1n) is 8.17. The van der Waals surface area contributed by atoms with Crippen LogP contribution < -0.4 is 10.6 Å². The third-order valence-corrected chi connectivity index (χ3v) is 4.94. The van der Waals surface area contributed by atoms with Crippen LogP contribution in [0.5, 0.6) is 0 Å². The molecule has 0 atom stereocenters. The number of carbonyl (C=O) groups excluding carboxylic acids is 1. The van der Waals surface area contributed by atoms with E-state index in [1.165, 1.54) is 0 Å². The minimum absolute atomic E-state index is 0.0825. The van der Waals surface area contributed by atoms with Crippen molar-refractivity contribution in [2.75, 3.05) is 18.4 Å². The van der Waals surface area contributed by atoms with Crippen molar-refractivity contribution in [3.63, 3.8) is 0 Å². The summed E-state index contributed by atoms with van der Waals surface area (Å²) in [6.07, 6.45) is 1.74. The lowest BCUT2D eigenvalue weighted by Crippen LogP contribution is -2.32. The smallest absolute Gasteiger partial charge is 0.240 e. The number of rotatable bonds is 8. The second kappa shape index (κ2) is 8.21. The fourth-order valence-corrected chi connectivity index (χ4v) is 3.55. The molecule has 0 unspecified atom stereocenters. The Kier molecular flexibility index (Phi) is 5.77. The molecule has 7 nitrogen and oxygen atoms in total. The average molecular weight is 377 g/mol. The lowest BCUT2D eigenvalue weighted by Gasteiger charge is -2.08. The van der Waals surface area contributed by atoms with Crippen LogP contribution in [0, 0.1) is 4.77 Å². The molecular formula is C16H20N6OS2. The van der Waals surface area contributed by atoms with Crippen molar-refractivity contribution in [1.82, 2.24) is 25.1 Å². The van der Waals surface area contributed by atoms with Crippen LogP contribution in [-0.2, 0) is 17.8 Å². The average Bonchev–Trinajstić information content (AvgIpc) is 3.17. The summed E-state index contributed by atoms with van der Waals surface area (Å²) in [5, 5.41) is 13.9. The number of anilines is 1. The Morgan fingerprint density at radius 3 is 3.00 bits per heavy atom. The van der Waals surface area contributed by atoms with Crippen LogP contribution in [0.25, 0.3) is 10.2 Å². The molecule has 132 valence electrons. The highest BCUT2D eigenvalue weighted by Crippen LogP contribution is 2.24. The molecule has 1 amide bonds. The van der Waals surface area contributed by atoms with E-state index in [1.54, 1.807) is 15.9 Å². The molecule has 2 heterocycles. The molecule has 0 aliphatic rings. The maximum Gasteiger partial charge on any atom is 0.240 e. The third-order valence-electron chi connectivity index (χ3n) is 3.63. The van der Waals surface area contributed by atoms with Crippen LogP contribution in [0.1, 0.15) is 19.2 Å². The van der Waals surface area contributed by atoms with Gasteiger partial charge in [0.05, 0.1) is 10.2 Å². The van der Waals surface area contributed by atoms with Crippen molar-refractivity contribution in [1.29, 1.82) is 0 Å².